The van der Waals surface area contributed by atoms with E-state index >= 15 is 0 Å². The van der Waals surface area contributed by atoms with E-state index in [0.29, 0.717) is 0 Å². The predicted octanol–water partition coefficient (Wildman–Crippen LogP) is 2.98. The third-order valence-corrected chi connectivity index (χ3v) is 4.04. The molecule has 0 amide bonds. The van der Waals surface area contributed by atoms with E-state index in [1.54, 1.807) is 0 Å². The second-order valence-electron chi connectivity index (χ2n) is 4.71. The molecule has 2 fully saturated rings. The van der Waals surface area contributed by atoms with Crippen LogP contribution in [0.25, 0.3) is 0 Å². The minimum atomic E-state index is 0.836. The highest BCUT2D eigenvalue weighted by atomic mass is 14.9. The maximum absolute atomic E-state index is 3.44. The van der Waals surface area contributed by atoms with Crippen molar-refractivity contribution in [1.82, 2.24) is 5.32 Å². The molecule has 2 aliphatic carbocycles. The van der Waals surface area contributed by atoms with Gasteiger partial charge < -0.3 is 5.32 Å². The number of allylic oxidation sites excluding steroid dienone is 5. The number of hydrogen-bond acceptors (Lipinski definition) is 1. The largest absolute Gasteiger partial charge is 0.365 e. The average Bonchev–Trinajstić information content (AvgIpc) is 2.69. The Balaban J connectivity index is 1.85. The lowest BCUT2D eigenvalue weighted by Gasteiger charge is -2.19. The van der Waals surface area contributed by atoms with Crippen LogP contribution in [0.2, 0.25) is 0 Å². The molecule has 0 aromatic rings. The molecule has 3 aliphatic rings. The van der Waals surface area contributed by atoms with Gasteiger partial charge in [-0.15, -0.1) is 0 Å². The highest BCUT2D eigenvalue weighted by molar-refractivity contribution is 5.25. The Kier molecular flexibility index (Phi) is 1.97. The zero-order chi connectivity index (χ0) is 9.38. The maximum atomic E-state index is 3.44. The molecule has 1 N–H and O–H groups in total. The first-order valence-corrected chi connectivity index (χ1v) is 5.75. The lowest BCUT2D eigenvalue weighted by Crippen LogP contribution is -2.18. The van der Waals surface area contributed by atoms with Crippen LogP contribution in [0, 0.1) is 17.8 Å². The molecule has 0 spiro atoms. The van der Waals surface area contributed by atoms with Gasteiger partial charge in [-0.2, -0.15) is 0 Å². The summed E-state index contributed by atoms with van der Waals surface area (Å²) in [5, 5.41) is 3.44. The summed E-state index contributed by atoms with van der Waals surface area (Å²) in [6, 6.07) is 0. The van der Waals surface area contributed by atoms with Crippen LogP contribution in [0.4, 0.5) is 0 Å². The molecule has 0 saturated heterocycles. The molecule has 1 aliphatic heterocycles. The lowest BCUT2D eigenvalue weighted by atomic mass is 9.93. The van der Waals surface area contributed by atoms with Crippen molar-refractivity contribution in [2.45, 2.75) is 25.7 Å². The van der Waals surface area contributed by atoms with E-state index in [1.807, 2.05) is 0 Å². The summed E-state index contributed by atoms with van der Waals surface area (Å²) in [4.78, 5) is 0. The van der Waals surface area contributed by atoms with Crippen LogP contribution in [-0.4, -0.2) is 0 Å². The molecule has 1 nitrogen and oxygen atoms in total. The van der Waals surface area contributed by atoms with Gasteiger partial charge in [-0.1, -0.05) is 12.2 Å². The Hall–Kier alpha value is -0.980. The van der Waals surface area contributed by atoms with Crippen LogP contribution in [-0.2, 0) is 0 Å². The van der Waals surface area contributed by atoms with Crippen LogP contribution in [0.5, 0.6) is 0 Å². The standard InChI is InChI=1S/C13H17N/c1-2-4-12(14-9-3-1)13-10-5-6-11(13)8-7-10/h1-4,9-11,13-14H,5-8H2. The summed E-state index contributed by atoms with van der Waals surface area (Å²) in [5.74, 6) is 2.78. The summed E-state index contributed by atoms with van der Waals surface area (Å²) in [7, 11) is 0. The van der Waals surface area contributed by atoms with E-state index in [1.165, 1.54) is 31.4 Å². The summed E-state index contributed by atoms with van der Waals surface area (Å²) in [5.41, 5.74) is 1.46. The van der Waals surface area contributed by atoms with E-state index in [0.717, 1.165) is 17.8 Å². The molecule has 0 atom stereocenters. The van der Waals surface area contributed by atoms with Gasteiger partial charge in [0.15, 0.2) is 0 Å². The van der Waals surface area contributed by atoms with Gasteiger partial charge in [-0.25, -0.2) is 0 Å². The smallest absolute Gasteiger partial charge is 0.0183 e. The van der Waals surface area contributed by atoms with E-state index in [-0.39, 0.29) is 0 Å². The van der Waals surface area contributed by atoms with Crippen LogP contribution < -0.4 is 5.32 Å². The van der Waals surface area contributed by atoms with E-state index in [9.17, 15) is 0 Å². The number of rotatable bonds is 1. The van der Waals surface area contributed by atoms with E-state index in [4.69, 9.17) is 0 Å². The summed E-state index contributed by atoms with van der Waals surface area (Å²) in [6.07, 6.45) is 16.5. The molecule has 1 heterocycles. The molecular weight excluding hydrogens is 170 g/mol. The van der Waals surface area contributed by atoms with Crippen molar-refractivity contribution >= 4 is 0 Å². The van der Waals surface area contributed by atoms with Crippen LogP contribution in [0.3, 0.4) is 0 Å². The Morgan fingerprint density at radius 2 is 1.64 bits per heavy atom. The first kappa shape index (κ1) is 8.34. The topological polar surface area (TPSA) is 12.0 Å². The van der Waals surface area contributed by atoms with Gasteiger partial charge in [0.05, 0.1) is 0 Å². The van der Waals surface area contributed by atoms with E-state index in [2.05, 4.69) is 35.8 Å². The minimum Gasteiger partial charge on any atom is -0.365 e. The highest BCUT2D eigenvalue weighted by Crippen LogP contribution is 2.51. The van der Waals surface area contributed by atoms with Gasteiger partial charge in [-0.05, 0) is 49.7 Å². The molecular formula is C13H17N. The summed E-state index contributed by atoms with van der Waals surface area (Å²) < 4.78 is 0. The van der Waals surface area contributed by atoms with Gasteiger partial charge in [0.2, 0.25) is 0 Å². The monoisotopic (exact) mass is 187 g/mol. The summed E-state index contributed by atoms with van der Waals surface area (Å²) in [6.45, 7) is 0. The fourth-order valence-electron chi connectivity index (χ4n) is 3.43. The number of fused-ring (bicyclic) bond motifs is 2. The van der Waals surface area contributed by atoms with Crippen molar-refractivity contribution < 1.29 is 0 Å². The first-order valence-electron chi connectivity index (χ1n) is 5.75. The maximum Gasteiger partial charge on any atom is 0.0183 e. The Labute approximate surface area is 85.6 Å². The zero-order valence-corrected chi connectivity index (χ0v) is 8.45. The molecule has 0 aromatic heterocycles. The fourth-order valence-corrected chi connectivity index (χ4v) is 3.43. The molecule has 14 heavy (non-hydrogen) atoms. The Bertz CT molecular complexity index is 291. The third kappa shape index (κ3) is 1.23. The average molecular weight is 187 g/mol. The molecule has 2 bridgehead atoms. The molecule has 1 heteroatoms. The minimum absolute atomic E-state index is 0.836. The van der Waals surface area contributed by atoms with Crippen molar-refractivity contribution in [3.8, 4) is 0 Å². The first-order chi connectivity index (χ1) is 6.95. The molecule has 2 saturated carbocycles. The van der Waals surface area contributed by atoms with Gasteiger partial charge >= 0.3 is 0 Å². The molecule has 74 valence electrons. The van der Waals surface area contributed by atoms with Crippen LogP contribution in [0.1, 0.15) is 25.7 Å². The lowest BCUT2D eigenvalue weighted by molar-refractivity contribution is 0.456. The Morgan fingerprint density at radius 3 is 2.36 bits per heavy atom. The summed E-state index contributed by atoms with van der Waals surface area (Å²) >= 11 is 0. The quantitative estimate of drug-likeness (QED) is 0.665. The zero-order valence-electron chi connectivity index (χ0n) is 8.45. The predicted molar refractivity (Wildman–Crippen MR) is 58.4 cm³/mol. The van der Waals surface area contributed by atoms with Gasteiger partial charge in [-0.3, -0.25) is 0 Å². The molecule has 0 radical (unpaired) electrons. The normalized spacial score (nSPS) is 39.4. The van der Waals surface area contributed by atoms with Crippen molar-refractivity contribution in [2.75, 3.05) is 0 Å². The highest BCUT2D eigenvalue weighted by Gasteiger charge is 2.43. The second-order valence-corrected chi connectivity index (χ2v) is 4.71. The van der Waals surface area contributed by atoms with Crippen molar-refractivity contribution in [3.63, 3.8) is 0 Å². The molecule has 0 aromatic carbocycles. The number of hydrogen-bond donors (Lipinski definition) is 1. The van der Waals surface area contributed by atoms with Crippen LogP contribution in [0.15, 0.2) is 36.2 Å². The van der Waals surface area contributed by atoms with Crippen molar-refractivity contribution in [3.05, 3.63) is 36.2 Å². The Morgan fingerprint density at radius 1 is 0.929 bits per heavy atom. The van der Waals surface area contributed by atoms with Crippen molar-refractivity contribution in [2.24, 2.45) is 17.8 Å². The van der Waals surface area contributed by atoms with Gasteiger partial charge in [0, 0.05) is 17.8 Å². The van der Waals surface area contributed by atoms with Crippen molar-refractivity contribution in [1.29, 1.82) is 0 Å². The third-order valence-electron chi connectivity index (χ3n) is 4.04. The SMILES string of the molecule is C1=CC=C(C2C3CCC2CC3)NC=C1. The van der Waals surface area contributed by atoms with Gasteiger partial charge in [0.25, 0.3) is 0 Å². The van der Waals surface area contributed by atoms with Gasteiger partial charge in [0.1, 0.15) is 0 Å². The fraction of sp³-hybridized carbons (Fsp3) is 0.538. The van der Waals surface area contributed by atoms with Crippen LogP contribution >= 0.6 is 0 Å². The van der Waals surface area contributed by atoms with E-state index < -0.39 is 0 Å². The molecule has 0 unspecified atom stereocenters. The molecule has 3 rings (SSSR count). The second kappa shape index (κ2) is 3.30. The number of nitrogens with one attached hydrogen (secondary N) is 1.